The Bertz CT molecular complexity index is 609. The van der Waals surface area contributed by atoms with Crippen LogP contribution in [0.25, 0.3) is 0 Å². The first-order chi connectivity index (χ1) is 9.56. The molecule has 2 heterocycles. The monoisotopic (exact) mass is 298 g/mol. The highest BCUT2D eigenvalue weighted by Gasteiger charge is 2.26. The summed E-state index contributed by atoms with van der Waals surface area (Å²) in [6, 6.07) is 3.24. The van der Waals surface area contributed by atoms with Crippen LogP contribution in [0.3, 0.4) is 0 Å². The van der Waals surface area contributed by atoms with Gasteiger partial charge in [-0.25, -0.2) is 13.1 Å². The van der Waals surface area contributed by atoms with Gasteiger partial charge in [-0.3, -0.25) is 0 Å². The highest BCUT2D eigenvalue weighted by atomic mass is 32.2. The van der Waals surface area contributed by atoms with Crippen molar-refractivity contribution in [3.63, 3.8) is 0 Å². The molecular formula is C13H18N2O4S. The number of aryl methyl sites for hydroxylation is 1. The molecule has 1 fully saturated rings. The van der Waals surface area contributed by atoms with Crippen molar-refractivity contribution >= 4 is 10.0 Å². The molecule has 0 bridgehead atoms. The smallest absolute Gasteiger partial charge is 0.241 e. The van der Waals surface area contributed by atoms with Crippen molar-refractivity contribution in [3.8, 4) is 11.5 Å². The van der Waals surface area contributed by atoms with Crippen LogP contribution in [0.15, 0.2) is 17.0 Å². The van der Waals surface area contributed by atoms with E-state index in [4.69, 9.17) is 9.47 Å². The summed E-state index contributed by atoms with van der Waals surface area (Å²) in [7, 11) is -3.53. The summed E-state index contributed by atoms with van der Waals surface area (Å²) in [5.41, 5.74) is 0.663. The zero-order valence-corrected chi connectivity index (χ0v) is 12.1. The summed E-state index contributed by atoms with van der Waals surface area (Å²) in [5, 5.41) is 3.21. The van der Waals surface area contributed by atoms with Crippen LogP contribution in [0.5, 0.6) is 11.5 Å². The fourth-order valence-corrected chi connectivity index (χ4v) is 4.08. The van der Waals surface area contributed by atoms with Crippen LogP contribution in [0.1, 0.15) is 18.4 Å². The Kier molecular flexibility index (Phi) is 3.57. The second kappa shape index (κ2) is 5.23. The molecule has 0 saturated carbocycles. The first-order valence-electron chi connectivity index (χ1n) is 6.69. The summed E-state index contributed by atoms with van der Waals surface area (Å²) >= 11 is 0. The normalized spacial score (nSPS) is 19.2. The van der Waals surface area contributed by atoms with Gasteiger partial charge in [0.1, 0.15) is 0 Å². The lowest BCUT2D eigenvalue weighted by molar-refractivity contribution is 0.174. The van der Waals surface area contributed by atoms with E-state index >= 15 is 0 Å². The molecule has 110 valence electrons. The van der Waals surface area contributed by atoms with Crippen molar-refractivity contribution in [2.75, 3.05) is 19.9 Å². The lowest BCUT2D eigenvalue weighted by atomic mass is 10.1. The number of piperidine rings is 1. The maximum Gasteiger partial charge on any atom is 0.241 e. The van der Waals surface area contributed by atoms with Crippen molar-refractivity contribution < 1.29 is 17.9 Å². The van der Waals surface area contributed by atoms with Gasteiger partial charge in [0.2, 0.25) is 16.8 Å². The van der Waals surface area contributed by atoms with Crippen molar-refractivity contribution in [1.29, 1.82) is 0 Å². The zero-order valence-electron chi connectivity index (χ0n) is 11.3. The molecule has 6 nitrogen and oxygen atoms in total. The fraction of sp³-hybridized carbons (Fsp3) is 0.538. The minimum Gasteiger partial charge on any atom is -0.454 e. The third kappa shape index (κ3) is 2.61. The van der Waals surface area contributed by atoms with Crippen LogP contribution in [0.2, 0.25) is 0 Å². The van der Waals surface area contributed by atoms with Gasteiger partial charge in [0.15, 0.2) is 11.5 Å². The Balaban J connectivity index is 1.87. The molecule has 2 aliphatic rings. The predicted octanol–water partition coefficient (Wildman–Crippen LogP) is 0.754. The lowest BCUT2D eigenvalue weighted by Crippen LogP contribution is -2.42. The minimum absolute atomic E-state index is 0.00827. The predicted molar refractivity (Wildman–Crippen MR) is 73.5 cm³/mol. The maximum absolute atomic E-state index is 12.5. The van der Waals surface area contributed by atoms with Gasteiger partial charge in [-0.15, -0.1) is 0 Å². The molecule has 0 aliphatic carbocycles. The van der Waals surface area contributed by atoms with E-state index in [-0.39, 0.29) is 17.7 Å². The highest BCUT2D eigenvalue weighted by Crippen LogP contribution is 2.36. The van der Waals surface area contributed by atoms with Crippen LogP contribution < -0.4 is 19.5 Å². The molecule has 2 N–H and O–H groups in total. The standard InChI is InChI=1S/C13H18N2O4S/c1-9-6-11-12(19-8-18-11)7-13(9)20(16,17)15-10-2-4-14-5-3-10/h6-7,10,14-15H,2-5,8H2,1H3. The van der Waals surface area contributed by atoms with E-state index in [0.717, 1.165) is 25.9 Å². The van der Waals surface area contributed by atoms with Crippen molar-refractivity contribution in [3.05, 3.63) is 17.7 Å². The number of hydrogen-bond donors (Lipinski definition) is 2. The Hall–Kier alpha value is -1.31. The van der Waals surface area contributed by atoms with Crippen molar-refractivity contribution in [2.24, 2.45) is 0 Å². The Morgan fingerprint density at radius 1 is 1.20 bits per heavy atom. The van der Waals surface area contributed by atoms with Crippen LogP contribution in [-0.2, 0) is 10.0 Å². The lowest BCUT2D eigenvalue weighted by Gasteiger charge is -2.23. The molecule has 2 aliphatic heterocycles. The van der Waals surface area contributed by atoms with E-state index in [2.05, 4.69) is 10.0 Å². The molecule has 0 spiro atoms. The first kappa shape index (κ1) is 13.7. The van der Waals surface area contributed by atoms with Crippen LogP contribution in [0.4, 0.5) is 0 Å². The summed E-state index contributed by atoms with van der Waals surface area (Å²) in [6.07, 6.45) is 1.62. The Morgan fingerprint density at radius 3 is 2.55 bits per heavy atom. The minimum atomic E-state index is -3.53. The highest BCUT2D eigenvalue weighted by molar-refractivity contribution is 7.89. The molecule has 0 unspecified atom stereocenters. The number of fused-ring (bicyclic) bond motifs is 1. The van der Waals surface area contributed by atoms with E-state index in [1.807, 2.05) is 0 Å². The SMILES string of the molecule is Cc1cc2c(cc1S(=O)(=O)NC1CCNCC1)OCO2. The molecular weight excluding hydrogens is 280 g/mol. The summed E-state index contributed by atoms with van der Waals surface area (Å²) in [5.74, 6) is 1.09. The second-order valence-corrected chi connectivity index (χ2v) is 6.80. The van der Waals surface area contributed by atoms with Crippen LogP contribution >= 0.6 is 0 Å². The fourth-order valence-electron chi connectivity index (χ4n) is 2.54. The van der Waals surface area contributed by atoms with E-state index < -0.39 is 10.0 Å². The summed E-state index contributed by atoms with van der Waals surface area (Å²) in [6.45, 7) is 3.58. The average Bonchev–Trinajstić information content (AvgIpc) is 2.85. The maximum atomic E-state index is 12.5. The largest absolute Gasteiger partial charge is 0.454 e. The molecule has 1 aromatic rings. The first-order valence-corrected chi connectivity index (χ1v) is 8.18. The Morgan fingerprint density at radius 2 is 1.85 bits per heavy atom. The van der Waals surface area contributed by atoms with Gasteiger partial charge in [0, 0.05) is 12.1 Å². The van der Waals surface area contributed by atoms with E-state index in [1.165, 1.54) is 0 Å². The number of benzene rings is 1. The Labute approximate surface area is 118 Å². The summed E-state index contributed by atoms with van der Waals surface area (Å²) < 4.78 is 38.3. The molecule has 0 amide bonds. The number of ether oxygens (including phenoxy) is 2. The molecule has 1 aromatic carbocycles. The van der Waals surface area contributed by atoms with E-state index in [0.29, 0.717) is 17.1 Å². The molecule has 1 saturated heterocycles. The second-order valence-electron chi connectivity index (χ2n) is 5.12. The molecule has 3 rings (SSSR count). The third-order valence-corrected chi connectivity index (χ3v) is 5.28. The van der Waals surface area contributed by atoms with Gasteiger partial charge in [-0.2, -0.15) is 0 Å². The molecule has 20 heavy (non-hydrogen) atoms. The van der Waals surface area contributed by atoms with E-state index in [1.54, 1.807) is 19.1 Å². The van der Waals surface area contributed by atoms with Crippen molar-refractivity contribution in [2.45, 2.75) is 30.7 Å². The van der Waals surface area contributed by atoms with E-state index in [9.17, 15) is 8.42 Å². The average molecular weight is 298 g/mol. The molecule has 7 heteroatoms. The summed E-state index contributed by atoms with van der Waals surface area (Å²) in [4.78, 5) is 0.264. The third-order valence-electron chi connectivity index (χ3n) is 3.62. The topological polar surface area (TPSA) is 76.7 Å². The van der Waals surface area contributed by atoms with Gasteiger partial charge in [0.25, 0.3) is 0 Å². The van der Waals surface area contributed by atoms with Gasteiger partial charge >= 0.3 is 0 Å². The van der Waals surface area contributed by atoms with Gasteiger partial charge in [0.05, 0.1) is 4.90 Å². The molecule has 0 aromatic heterocycles. The van der Waals surface area contributed by atoms with Gasteiger partial charge in [-0.05, 0) is 44.5 Å². The molecule has 0 atom stereocenters. The molecule has 0 radical (unpaired) electrons. The quantitative estimate of drug-likeness (QED) is 0.861. The number of rotatable bonds is 3. The zero-order chi connectivity index (χ0) is 14.2. The number of nitrogens with one attached hydrogen (secondary N) is 2. The van der Waals surface area contributed by atoms with Gasteiger partial charge < -0.3 is 14.8 Å². The van der Waals surface area contributed by atoms with Crippen LogP contribution in [-0.4, -0.2) is 34.3 Å². The van der Waals surface area contributed by atoms with Crippen LogP contribution in [0, 0.1) is 6.92 Å². The van der Waals surface area contributed by atoms with Gasteiger partial charge in [-0.1, -0.05) is 0 Å². The number of sulfonamides is 1. The number of hydrogen-bond acceptors (Lipinski definition) is 5. The van der Waals surface area contributed by atoms with Crippen molar-refractivity contribution in [1.82, 2.24) is 10.0 Å².